The monoisotopic (exact) mass is 527 g/mol. The predicted octanol–water partition coefficient (Wildman–Crippen LogP) is 6.10. The number of carbonyl (C=O) groups is 1. The Hall–Kier alpha value is -3.83. The summed E-state index contributed by atoms with van der Waals surface area (Å²) in [6, 6.07) is 12.5. The van der Waals surface area contributed by atoms with E-state index >= 15 is 0 Å². The highest BCUT2D eigenvalue weighted by Gasteiger charge is 2.27. The Bertz CT molecular complexity index is 1450. The van der Waals surface area contributed by atoms with Crippen LogP contribution in [0, 0.1) is 15.9 Å². The zero-order chi connectivity index (χ0) is 26.0. The van der Waals surface area contributed by atoms with E-state index in [-0.39, 0.29) is 23.6 Å². The number of nitrogen functional groups attached to an aromatic ring is 1. The van der Waals surface area contributed by atoms with Crippen molar-refractivity contribution in [3.05, 3.63) is 86.2 Å². The molecule has 0 aliphatic heterocycles. The van der Waals surface area contributed by atoms with E-state index in [4.69, 9.17) is 15.2 Å². The number of thiophene rings is 1. The van der Waals surface area contributed by atoms with Crippen LogP contribution in [0.15, 0.2) is 48.5 Å². The minimum atomic E-state index is -0.550. The van der Waals surface area contributed by atoms with Crippen molar-refractivity contribution < 1.29 is 23.6 Å². The number of halogens is 1. The van der Waals surface area contributed by atoms with Crippen LogP contribution in [0.5, 0.6) is 11.5 Å². The lowest BCUT2D eigenvalue weighted by Crippen LogP contribution is -2.09. The van der Waals surface area contributed by atoms with Crippen molar-refractivity contribution >= 4 is 39.3 Å². The highest BCUT2D eigenvalue weighted by atomic mass is 32.1. The normalized spacial score (nSPS) is 11.8. The molecular weight excluding hydrogens is 505 g/mol. The lowest BCUT2D eigenvalue weighted by atomic mass is 9.87. The smallest absolute Gasteiger partial charge is 0.269 e. The summed E-state index contributed by atoms with van der Waals surface area (Å²) in [4.78, 5) is 29.6. The number of nitrogens with two attached hydrogens (primary N) is 1. The van der Waals surface area contributed by atoms with Crippen molar-refractivity contribution in [1.29, 1.82) is 0 Å². The van der Waals surface area contributed by atoms with Crippen molar-refractivity contribution in [3.8, 4) is 21.3 Å². The summed E-state index contributed by atoms with van der Waals surface area (Å²) in [5.41, 5.74) is 7.75. The number of nitro benzene ring substituents is 1. The van der Waals surface area contributed by atoms with E-state index in [0.29, 0.717) is 32.6 Å². The fourth-order valence-electron chi connectivity index (χ4n) is 3.94. The summed E-state index contributed by atoms with van der Waals surface area (Å²) in [5, 5.41) is 11.7. The first-order valence-corrected chi connectivity index (χ1v) is 12.4. The molecule has 4 rings (SSSR count). The Morgan fingerprint density at radius 2 is 1.83 bits per heavy atom. The summed E-state index contributed by atoms with van der Waals surface area (Å²) >= 11 is 2.58. The maximum Gasteiger partial charge on any atom is 0.269 e. The van der Waals surface area contributed by atoms with Gasteiger partial charge in [0.2, 0.25) is 0 Å². The van der Waals surface area contributed by atoms with Gasteiger partial charge in [-0.2, -0.15) is 0 Å². The average Bonchev–Trinajstić information content (AvgIpc) is 3.49. The van der Waals surface area contributed by atoms with Crippen LogP contribution in [0.1, 0.15) is 39.3 Å². The first kappa shape index (κ1) is 25.3. The number of aromatic nitrogens is 1. The maximum atomic E-state index is 14.8. The number of carbonyl (C=O) groups excluding carboxylic acids is 1. The zero-order valence-electron chi connectivity index (χ0n) is 19.6. The lowest BCUT2D eigenvalue weighted by Gasteiger charge is -2.19. The minimum absolute atomic E-state index is 0.0552. The Morgan fingerprint density at radius 1 is 1.11 bits per heavy atom. The van der Waals surface area contributed by atoms with Crippen molar-refractivity contribution in [2.24, 2.45) is 0 Å². The molecule has 0 amide bonds. The third-order valence-corrected chi connectivity index (χ3v) is 7.92. The first-order chi connectivity index (χ1) is 17.2. The lowest BCUT2D eigenvalue weighted by molar-refractivity contribution is -0.384. The van der Waals surface area contributed by atoms with Gasteiger partial charge in [0.1, 0.15) is 5.75 Å². The number of rotatable bonds is 9. The quantitative estimate of drug-likeness (QED) is 0.159. The third-order valence-electron chi connectivity index (χ3n) is 5.65. The van der Waals surface area contributed by atoms with E-state index in [1.54, 1.807) is 12.1 Å². The number of non-ortho nitro benzene ring substituents is 1. The van der Waals surface area contributed by atoms with E-state index in [9.17, 15) is 19.3 Å². The average molecular weight is 528 g/mol. The van der Waals surface area contributed by atoms with Crippen molar-refractivity contribution in [2.45, 2.75) is 19.3 Å². The second-order valence-corrected chi connectivity index (χ2v) is 10.0. The molecule has 11 heteroatoms. The van der Waals surface area contributed by atoms with Gasteiger partial charge in [-0.3, -0.25) is 14.9 Å². The van der Waals surface area contributed by atoms with Gasteiger partial charge in [0.15, 0.2) is 22.5 Å². The van der Waals surface area contributed by atoms with Crippen LogP contribution in [0.2, 0.25) is 0 Å². The number of methoxy groups -OCH3 is 2. The summed E-state index contributed by atoms with van der Waals surface area (Å²) < 4.78 is 25.3. The number of hydrogen-bond donors (Lipinski definition) is 1. The van der Waals surface area contributed by atoms with Crippen LogP contribution in [0.3, 0.4) is 0 Å². The Balaban J connectivity index is 1.89. The molecule has 0 fully saturated rings. The zero-order valence-corrected chi connectivity index (χ0v) is 21.2. The number of hydrogen-bond acceptors (Lipinski definition) is 9. The third kappa shape index (κ3) is 5.07. The van der Waals surface area contributed by atoms with Gasteiger partial charge in [-0.15, -0.1) is 11.3 Å². The maximum absolute atomic E-state index is 14.8. The Kier molecular flexibility index (Phi) is 7.32. The van der Waals surface area contributed by atoms with Gasteiger partial charge >= 0.3 is 0 Å². The van der Waals surface area contributed by atoms with Crippen LogP contribution >= 0.6 is 22.7 Å². The number of ketones is 1. The predicted molar refractivity (Wildman–Crippen MR) is 138 cm³/mol. The molecule has 0 aliphatic rings. The Labute approximate surface area is 214 Å². The SMILES string of the molecule is COc1ccc(C(Cc2cc([N+](=O)[O-])ccc2OC)c2nc(N)sc2-c2ccc(C(C)=O)s2)cc1F. The molecule has 0 bridgehead atoms. The van der Waals surface area contributed by atoms with E-state index in [1.807, 2.05) is 6.07 Å². The number of nitro groups is 1. The second-order valence-electron chi connectivity index (χ2n) is 7.89. The largest absolute Gasteiger partial charge is 0.496 e. The molecule has 8 nitrogen and oxygen atoms in total. The Morgan fingerprint density at radius 3 is 2.44 bits per heavy atom. The fourth-order valence-corrected chi connectivity index (χ4v) is 5.86. The van der Waals surface area contributed by atoms with Crippen molar-refractivity contribution in [2.75, 3.05) is 20.0 Å². The van der Waals surface area contributed by atoms with Gasteiger partial charge in [-0.05, 0) is 49.2 Å². The van der Waals surface area contributed by atoms with Gasteiger partial charge in [-0.25, -0.2) is 9.37 Å². The van der Waals surface area contributed by atoms with E-state index in [1.165, 1.54) is 74.1 Å². The molecular formula is C25H22FN3O5S2. The van der Waals surface area contributed by atoms with Gasteiger partial charge in [0.05, 0.1) is 34.6 Å². The molecule has 4 aromatic rings. The topological polar surface area (TPSA) is 118 Å². The molecule has 2 heterocycles. The van der Waals surface area contributed by atoms with Gasteiger partial charge < -0.3 is 15.2 Å². The van der Waals surface area contributed by atoms with Crippen LogP contribution in [0.4, 0.5) is 15.2 Å². The van der Waals surface area contributed by atoms with Gasteiger partial charge in [0, 0.05) is 28.5 Å². The number of ether oxygens (including phenoxy) is 2. The summed E-state index contributed by atoms with van der Waals surface area (Å²) in [6.45, 7) is 1.50. The number of nitrogens with zero attached hydrogens (tertiary/aromatic N) is 2. The molecule has 0 saturated carbocycles. The van der Waals surface area contributed by atoms with Crippen LogP contribution < -0.4 is 15.2 Å². The van der Waals surface area contributed by atoms with Crippen molar-refractivity contribution in [1.82, 2.24) is 4.98 Å². The standard InChI is InChI=1S/C25H22FN3O5S2/c1-13(30)21-8-9-22(35-21)24-23(28-25(27)36-24)17(14-4-6-20(34-3)18(26)12-14)11-15-10-16(29(31)32)5-7-19(15)33-2/h4-10,12,17H,11H2,1-3H3,(H2,27,28). The molecule has 186 valence electrons. The molecule has 0 spiro atoms. The summed E-state index contributed by atoms with van der Waals surface area (Å²) in [7, 11) is 2.86. The second kappa shape index (κ2) is 10.4. The first-order valence-electron chi connectivity index (χ1n) is 10.7. The molecule has 1 unspecified atom stereocenters. The van der Waals surface area contributed by atoms with Crippen LogP contribution in [-0.2, 0) is 6.42 Å². The fraction of sp³-hybridized carbons (Fsp3) is 0.200. The van der Waals surface area contributed by atoms with E-state index in [0.717, 1.165) is 9.75 Å². The van der Waals surface area contributed by atoms with Crippen LogP contribution in [-0.4, -0.2) is 29.9 Å². The highest BCUT2D eigenvalue weighted by molar-refractivity contribution is 7.24. The number of thiazole rings is 1. The number of Topliss-reactive ketones (excluding diaryl/α,β-unsaturated/α-hetero) is 1. The molecule has 0 radical (unpaired) electrons. The highest BCUT2D eigenvalue weighted by Crippen LogP contribution is 2.44. The molecule has 36 heavy (non-hydrogen) atoms. The molecule has 1 atom stereocenters. The molecule has 2 aromatic carbocycles. The molecule has 2 aromatic heterocycles. The van der Waals surface area contributed by atoms with Crippen LogP contribution in [0.25, 0.3) is 9.75 Å². The molecule has 0 saturated heterocycles. The van der Waals surface area contributed by atoms with Crippen molar-refractivity contribution in [3.63, 3.8) is 0 Å². The van der Waals surface area contributed by atoms with E-state index < -0.39 is 16.7 Å². The summed E-state index contributed by atoms with van der Waals surface area (Å²) in [5.74, 6) is -0.592. The van der Waals surface area contributed by atoms with E-state index in [2.05, 4.69) is 4.98 Å². The molecule has 0 aliphatic carbocycles. The summed E-state index contributed by atoms with van der Waals surface area (Å²) in [6.07, 6.45) is 0.220. The van der Waals surface area contributed by atoms with Gasteiger partial charge in [0.25, 0.3) is 5.69 Å². The number of anilines is 1. The molecule has 2 N–H and O–H groups in total. The minimum Gasteiger partial charge on any atom is -0.496 e. The number of benzene rings is 2. The van der Waals surface area contributed by atoms with Gasteiger partial charge in [-0.1, -0.05) is 17.4 Å².